The predicted molar refractivity (Wildman–Crippen MR) is 83.9 cm³/mol. The van der Waals surface area contributed by atoms with E-state index in [1.165, 1.54) is 11.3 Å². The molecule has 0 aliphatic carbocycles. The van der Waals surface area contributed by atoms with Crippen LogP contribution < -0.4 is 0 Å². The zero-order valence-electron chi connectivity index (χ0n) is 11.8. The molecule has 1 aromatic heterocycles. The Balaban J connectivity index is 2.20. The molecule has 0 aliphatic heterocycles. The minimum atomic E-state index is -0.0334. The molecule has 0 radical (unpaired) electrons. The van der Waals surface area contributed by atoms with Crippen molar-refractivity contribution >= 4 is 17.2 Å². The van der Waals surface area contributed by atoms with Gasteiger partial charge < -0.3 is 4.90 Å². The van der Waals surface area contributed by atoms with Gasteiger partial charge in [0.25, 0.3) is 5.91 Å². The van der Waals surface area contributed by atoms with Crippen molar-refractivity contribution in [3.63, 3.8) is 0 Å². The van der Waals surface area contributed by atoms with Gasteiger partial charge in [-0.15, -0.1) is 11.3 Å². The average molecular weight is 286 g/mol. The number of rotatable bonds is 5. The highest BCUT2D eigenvalue weighted by Crippen LogP contribution is 2.23. The van der Waals surface area contributed by atoms with Gasteiger partial charge in [-0.3, -0.25) is 4.79 Å². The third kappa shape index (κ3) is 3.33. The van der Waals surface area contributed by atoms with E-state index < -0.39 is 0 Å². The molecule has 0 fully saturated rings. The van der Waals surface area contributed by atoms with Crippen molar-refractivity contribution in [2.45, 2.75) is 13.8 Å². The zero-order chi connectivity index (χ0) is 14.5. The Hall–Kier alpha value is -1.94. The first-order valence-corrected chi connectivity index (χ1v) is 7.44. The lowest BCUT2D eigenvalue weighted by molar-refractivity contribution is 0.0773. The van der Waals surface area contributed by atoms with Crippen LogP contribution in [-0.4, -0.2) is 28.9 Å². The molecule has 1 amide bonds. The Kier molecular flexibility index (Phi) is 4.69. The van der Waals surface area contributed by atoms with E-state index in [9.17, 15) is 4.79 Å². The fraction of sp³-hybridized carbons (Fsp3) is 0.250. The van der Waals surface area contributed by atoms with Crippen LogP contribution in [-0.2, 0) is 0 Å². The molecule has 1 aromatic carbocycles. The van der Waals surface area contributed by atoms with Crippen molar-refractivity contribution in [3.05, 3.63) is 53.6 Å². The van der Waals surface area contributed by atoms with Crippen LogP contribution in [0, 0.1) is 0 Å². The molecule has 0 aliphatic rings. The molecule has 0 saturated heterocycles. The van der Waals surface area contributed by atoms with Crippen molar-refractivity contribution < 1.29 is 4.79 Å². The van der Waals surface area contributed by atoms with Crippen molar-refractivity contribution in [3.8, 4) is 10.6 Å². The summed E-state index contributed by atoms with van der Waals surface area (Å²) < 4.78 is 0. The van der Waals surface area contributed by atoms with Crippen LogP contribution in [0.1, 0.15) is 24.3 Å². The van der Waals surface area contributed by atoms with Crippen LogP contribution in [0.2, 0.25) is 0 Å². The van der Waals surface area contributed by atoms with Crippen LogP contribution in [0.15, 0.2) is 47.9 Å². The number of hydrogen-bond donors (Lipinski definition) is 0. The lowest BCUT2D eigenvalue weighted by Gasteiger charge is -2.19. The monoisotopic (exact) mass is 286 g/mol. The first-order valence-electron chi connectivity index (χ1n) is 6.56. The minimum Gasteiger partial charge on any atom is -0.334 e. The number of nitrogens with zero attached hydrogens (tertiary/aromatic N) is 2. The van der Waals surface area contributed by atoms with Gasteiger partial charge >= 0.3 is 0 Å². The van der Waals surface area contributed by atoms with Gasteiger partial charge in [0.15, 0.2) is 0 Å². The molecule has 0 atom stereocenters. The number of thiazole rings is 1. The normalized spacial score (nSPS) is 10.3. The summed E-state index contributed by atoms with van der Waals surface area (Å²) >= 11 is 1.50. The second kappa shape index (κ2) is 6.48. The molecule has 3 nitrogen and oxygen atoms in total. The smallest absolute Gasteiger partial charge is 0.273 e. The molecule has 2 rings (SSSR count). The number of likely N-dealkylation sites (N-methyl/N-ethyl adjacent to an activating group) is 1. The van der Waals surface area contributed by atoms with Gasteiger partial charge in [-0.1, -0.05) is 42.5 Å². The van der Waals surface area contributed by atoms with E-state index in [1.54, 1.807) is 4.90 Å². The first-order chi connectivity index (χ1) is 9.61. The van der Waals surface area contributed by atoms with Crippen molar-refractivity contribution in [2.24, 2.45) is 0 Å². The number of benzene rings is 1. The Bertz CT molecular complexity index is 604. The number of amides is 1. The molecule has 2 aromatic rings. The Morgan fingerprint density at radius 1 is 1.35 bits per heavy atom. The quantitative estimate of drug-likeness (QED) is 0.782. The van der Waals surface area contributed by atoms with Gasteiger partial charge in [0.2, 0.25) is 0 Å². The van der Waals surface area contributed by atoms with Gasteiger partial charge in [0.1, 0.15) is 10.7 Å². The summed E-state index contributed by atoms with van der Waals surface area (Å²) in [5, 5.41) is 2.70. The van der Waals surface area contributed by atoms with E-state index in [4.69, 9.17) is 0 Å². The predicted octanol–water partition coefficient (Wildman–Crippen LogP) is 3.85. The van der Waals surface area contributed by atoms with E-state index in [1.807, 2.05) is 49.6 Å². The maximum Gasteiger partial charge on any atom is 0.273 e. The highest BCUT2D eigenvalue weighted by Gasteiger charge is 2.17. The second-order valence-electron chi connectivity index (χ2n) is 4.68. The zero-order valence-corrected chi connectivity index (χ0v) is 12.6. The molecule has 20 heavy (non-hydrogen) atoms. The number of carbonyl (C=O) groups excluding carboxylic acids is 1. The summed E-state index contributed by atoms with van der Waals surface area (Å²) in [4.78, 5) is 18.6. The Labute approximate surface area is 123 Å². The van der Waals surface area contributed by atoms with Crippen molar-refractivity contribution in [1.82, 2.24) is 9.88 Å². The largest absolute Gasteiger partial charge is 0.334 e. The number of aromatic nitrogens is 1. The molecular formula is C16H18N2OS. The van der Waals surface area contributed by atoms with Gasteiger partial charge in [-0.25, -0.2) is 4.98 Å². The Morgan fingerprint density at radius 3 is 2.65 bits per heavy atom. The standard InChI is InChI=1S/C16H18N2OS/c1-4-18(10-12(2)3)16(19)14-11-20-15(17-14)13-8-6-5-7-9-13/h5-9,11H,2,4,10H2,1,3H3. The number of hydrogen-bond acceptors (Lipinski definition) is 3. The van der Waals surface area contributed by atoms with E-state index >= 15 is 0 Å². The highest BCUT2D eigenvalue weighted by atomic mass is 32.1. The Morgan fingerprint density at radius 2 is 2.05 bits per heavy atom. The van der Waals surface area contributed by atoms with Crippen LogP contribution in [0.3, 0.4) is 0 Å². The summed E-state index contributed by atoms with van der Waals surface area (Å²) in [6, 6.07) is 9.90. The third-order valence-corrected chi connectivity index (χ3v) is 3.77. The molecule has 104 valence electrons. The van der Waals surface area contributed by atoms with Gasteiger partial charge in [-0.05, 0) is 13.8 Å². The summed E-state index contributed by atoms with van der Waals surface area (Å²) in [5.41, 5.74) is 2.52. The number of carbonyl (C=O) groups is 1. The maximum absolute atomic E-state index is 12.4. The second-order valence-corrected chi connectivity index (χ2v) is 5.54. The summed E-state index contributed by atoms with van der Waals surface area (Å²) in [6.07, 6.45) is 0. The van der Waals surface area contributed by atoms with Gasteiger partial charge in [0, 0.05) is 24.0 Å². The molecular weight excluding hydrogens is 268 g/mol. The van der Waals surface area contributed by atoms with Crippen LogP contribution in [0.5, 0.6) is 0 Å². The molecule has 0 saturated carbocycles. The highest BCUT2D eigenvalue weighted by molar-refractivity contribution is 7.13. The fourth-order valence-electron chi connectivity index (χ4n) is 1.90. The lowest BCUT2D eigenvalue weighted by atomic mass is 10.2. The third-order valence-electron chi connectivity index (χ3n) is 2.87. The van der Waals surface area contributed by atoms with E-state index in [2.05, 4.69) is 11.6 Å². The topological polar surface area (TPSA) is 33.2 Å². The van der Waals surface area contributed by atoms with Crippen LogP contribution >= 0.6 is 11.3 Å². The van der Waals surface area contributed by atoms with Crippen LogP contribution in [0.25, 0.3) is 10.6 Å². The van der Waals surface area contributed by atoms with E-state index in [0.717, 1.165) is 16.1 Å². The van der Waals surface area contributed by atoms with E-state index in [-0.39, 0.29) is 5.91 Å². The fourth-order valence-corrected chi connectivity index (χ4v) is 2.70. The summed E-state index contributed by atoms with van der Waals surface area (Å²) in [6.45, 7) is 8.98. The van der Waals surface area contributed by atoms with Crippen molar-refractivity contribution in [1.29, 1.82) is 0 Å². The average Bonchev–Trinajstić information content (AvgIpc) is 2.94. The molecule has 0 unspecified atom stereocenters. The summed E-state index contributed by atoms with van der Waals surface area (Å²) in [7, 11) is 0. The minimum absolute atomic E-state index is 0.0334. The van der Waals surface area contributed by atoms with Gasteiger partial charge in [0.05, 0.1) is 0 Å². The summed E-state index contributed by atoms with van der Waals surface area (Å²) in [5.74, 6) is -0.0334. The van der Waals surface area contributed by atoms with Crippen molar-refractivity contribution in [2.75, 3.05) is 13.1 Å². The molecule has 1 heterocycles. The molecule has 0 spiro atoms. The lowest BCUT2D eigenvalue weighted by Crippen LogP contribution is -2.32. The van der Waals surface area contributed by atoms with E-state index in [0.29, 0.717) is 18.8 Å². The molecule has 0 N–H and O–H groups in total. The van der Waals surface area contributed by atoms with Gasteiger partial charge in [-0.2, -0.15) is 0 Å². The molecule has 4 heteroatoms. The first kappa shape index (κ1) is 14.5. The SMILES string of the molecule is C=C(C)CN(CC)C(=O)c1csc(-c2ccccc2)n1. The van der Waals surface area contributed by atoms with Crippen LogP contribution in [0.4, 0.5) is 0 Å². The maximum atomic E-state index is 12.4. The molecule has 0 bridgehead atoms.